The van der Waals surface area contributed by atoms with Crippen molar-refractivity contribution >= 4 is 12.4 Å². The molecule has 21 heavy (non-hydrogen) atoms. The van der Waals surface area contributed by atoms with Gasteiger partial charge in [0, 0.05) is 6.20 Å². The number of aryl methyl sites for hydroxylation is 2. The Hall–Kier alpha value is -0.339. The molecular formula is C14H14BF3KNO. The van der Waals surface area contributed by atoms with Gasteiger partial charge in [0.25, 0.3) is 0 Å². The van der Waals surface area contributed by atoms with Gasteiger partial charge in [-0.1, -0.05) is 29.2 Å². The summed E-state index contributed by atoms with van der Waals surface area (Å²) in [6.45, 7) is -1.61. The van der Waals surface area contributed by atoms with Crippen LogP contribution in [0.2, 0.25) is 0 Å². The van der Waals surface area contributed by atoms with Crippen LogP contribution >= 0.6 is 0 Å². The minimum absolute atomic E-state index is 0. The van der Waals surface area contributed by atoms with Gasteiger partial charge in [-0.3, -0.25) is 4.98 Å². The summed E-state index contributed by atoms with van der Waals surface area (Å²) in [7, 11) is 0. The summed E-state index contributed by atoms with van der Waals surface area (Å²) in [5.41, 5.74) is 1.38. The smallest absolute Gasteiger partial charge is 0.490 e. The zero-order chi connectivity index (χ0) is 14.8. The molecule has 0 spiro atoms. The van der Waals surface area contributed by atoms with Gasteiger partial charge in [-0.15, -0.1) is 0 Å². The van der Waals surface area contributed by atoms with E-state index in [1.807, 2.05) is 13.0 Å². The number of hydrogen-bond donors (Lipinski definition) is 0. The van der Waals surface area contributed by atoms with E-state index in [9.17, 15) is 12.9 Å². The Balaban J connectivity index is 0.00000220. The molecule has 0 aliphatic carbocycles. The molecule has 0 saturated heterocycles. The van der Waals surface area contributed by atoms with Crippen LogP contribution in [-0.4, -0.2) is 12.0 Å². The van der Waals surface area contributed by atoms with E-state index in [0.29, 0.717) is 11.3 Å². The van der Waals surface area contributed by atoms with Gasteiger partial charge in [0.15, 0.2) is 0 Å². The van der Waals surface area contributed by atoms with Gasteiger partial charge in [-0.05, 0) is 31.5 Å². The maximum Gasteiger partial charge on any atom is 1.00 e. The third-order valence-corrected chi connectivity index (χ3v) is 3.00. The first-order chi connectivity index (χ1) is 9.38. The van der Waals surface area contributed by atoms with E-state index in [2.05, 4.69) is 4.98 Å². The van der Waals surface area contributed by atoms with Crippen molar-refractivity contribution in [2.24, 2.45) is 0 Å². The monoisotopic (exact) mass is 319 g/mol. The molecule has 2 nitrogen and oxygen atoms in total. The fourth-order valence-corrected chi connectivity index (χ4v) is 1.87. The van der Waals surface area contributed by atoms with Crippen molar-refractivity contribution < 1.29 is 69.1 Å². The van der Waals surface area contributed by atoms with Crippen LogP contribution < -0.4 is 61.6 Å². The molecule has 1 heterocycles. The molecule has 0 aliphatic rings. The molecule has 7 heteroatoms. The molecule has 0 saturated carbocycles. The van der Waals surface area contributed by atoms with Gasteiger partial charge in [0.2, 0.25) is 0 Å². The van der Waals surface area contributed by atoms with Crippen molar-refractivity contribution in [3.63, 3.8) is 0 Å². The van der Waals surface area contributed by atoms with E-state index in [1.165, 1.54) is 6.07 Å². The van der Waals surface area contributed by atoms with Crippen LogP contribution in [0.1, 0.15) is 16.8 Å². The third kappa shape index (κ3) is 5.10. The number of aromatic nitrogens is 1. The summed E-state index contributed by atoms with van der Waals surface area (Å²) >= 11 is 0. The normalized spacial score (nSPS) is 10.9. The molecule has 2 rings (SSSR count). The summed E-state index contributed by atoms with van der Waals surface area (Å²) in [5.74, 6) is -0.145. The molecule has 0 bridgehead atoms. The fraction of sp³-hybridized carbons (Fsp3) is 0.214. The quantitative estimate of drug-likeness (QED) is 0.758. The number of rotatable bonds is 4. The molecule has 0 atom stereocenters. The van der Waals surface area contributed by atoms with Crippen molar-refractivity contribution in [2.75, 3.05) is 0 Å². The van der Waals surface area contributed by atoms with Gasteiger partial charge in [-0.2, -0.15) is 0 Å². The summed E-state index contributed by atoms with van der Waals surface area (Å²) < 4.78 is 44.3. The fourth-order valence-electron chi connectivity index (χ4n) is 1.87. The van der Waals surface area contributed by atoms with E-state index in [4.69, 9.17) is 4.74 Å². The molecule has 1 aromatic heterocycles. The second-order valence-corrected chi connectivity index (χ2v) is 4.67. The number of hydrogen-bond acceptors (Lipinski definition) is 2. The van der Waals surface area contributed by atoms with E-state index >= 15 is 0 Å². The molecule has 0 aliphatic heterocycles. The molecule has 2 aromatic rings. The average Bonchev–Trinajstić information content (AvgIpc) is 2.38. The minimum Gasteiger partial charge on any atom is -0.490 e. The summed E-state index contributed by atoms with van der Waals surface area (Å²) in [6, 6.07) is 7.69. The maximum atomic E-state index is 13.0. The molecule has 0 amide bonds. The van der Waals surface area contributed by atoms with Gasteiger partial charge in [-0.25, -0.2) is 0 Å². The molecular weight excluding hydrogens is 305 g/mol. The molecule has 0 fully saturated rings. The van der Waals surface area contributed by atoms with Crippen LogP contribution in [0.5, 0.6) is 5.75 Å². The van der Waals surface area contributed by atoms with Crippen LogP contribution in [0.3, 0.4) is 0 Å². The first kappa shape index (κ1) is 18.7. The number of halogens is 3. The van der Waals surface area contributed by atoms with E-state index in [1.54, 1.807) is 25.3 Å². The Kier molecular flexibility index (Phi) is 6.93. The largest absolute Gasteiger partial charge is 1.00 e. The second kappa shape index (κ2) is 7.78. The van der Waals surface area contributed by atoms with Crippen molar-refractivity contribution in [1.82, 2.24) is 4.98 Å². The van der Waals surface area contributed by atoms with Crippen molar-refractivity contribution in [2.45, 2.75) is 20.5 Å². The van der Waals surface area contributed by atoms with Crippen LogP contribution in [-0.2, 0) is 6.61 Å². The summed E-state index contributed by atoms with van der Waals surface area (Å²) in [4.78, 5) is 4.10. The first-order valence-electron chi connectivity index (χ1n) is 6.21. The third-order valence-electron chi connectivity index (χ3n) is 3.00. The van der Waals surface area contributed by atoms with Crippen LogP contribution in [0.25, 0.3) is 0 Å². The van der Waals surface area contributed by atoms with E-state index < -0.39 is 12.4 Å². The van der Waals surface area contributed by atoms with E-state index in [-0.39, 0.29) is 63.7 Å². The zero-order valence-electron chi connectivity index (χ0n) is 12.2. The Morgan fingerprint density at radius 3 is 2.48 bits per heavy atom. The van der Waals surface area contributed by atoms with Gasteiger partial charge >= 0.3 is 58.4 Å². The standard InChI is InChI=1S/C14H14BF3NO.K/c1-10-5-6-14(12(8-10)15(16,17)18)20-9-13-11(2)4-3-7-19-13;/h3-8H,9H2,1-2H3;/q-1;+1. The van der Waals surface area contributed by atoms with Crippen molar-refractivity contribution in [3.8, 4) is 5.75 Å². The topological polar surface area (TPSA) is 22.1 Å². The average molecular weight is 319 g/mol. The van der Waals surface area contributed by atoms with Crippen molar-refractivity contribution in [3.05, 3.63) is 53.3 Å². The number of pyridine rings is 1. The summed E-state index contributed by atoms with van der Waals surface area (Å²) in [5, 5.41) is 0. The van der Waals surface area contributed by atoms with Gasteiger partial charge in [0.1, 0.15) is 6.61 Å². The Bertz CT molecular complexity index is 619. The van der Waals surface area contributed by atoms with Crippen LogP contribution in [0.15, 0.2) is 36.5 Å². The predicted octanol–water partition coefficient (Wildman–Crippen LogP) is 0.336. The molecule has 0 N–H and O–H groups in total. The minimum atomic E-state index is -5.09. The SMILES string of the molecule is Cc1ccc(OCc2ncccc2C)c([B-](F)(F)F)c1.[K+]. The number of nitrogens with zero attached hydrogens (tertiary/aromatic N) is 1. The zero-order valence-corrected chi connectivity index (χ0v) is 15.4. The Morgan fingerprint density at radius 1 is 1.14 bits per heavy atom. The summed E-state index contributed by atoms with van der Waals surface area (Å²) in [6.07, 6.45) is 1.59. The Labute approximate surface area is 164 Å². The molecule has 1 aromatic carbocycles. The molecule has 0 unspecified atom stereocenters. The first-order valence-corrected chi connectivity index (χ1v) is 6.21. The van der Waals surface area contributed by atoms with Crippen LogP contribution in [0.4, 0.5) is 12.9 Å². The number of ether oxygens (including phenoxy) is 1. The van der Waals surface area contributed by atoms with Crippen molar-refractivity contribution in [1.29, 1.82) is 0 Å². The maximum absolute atomic E-state index is 13.0. The van der Waals surface area contributed by atoms with Gasteiger partial charge < -0.3 is 17.7 Å². The van der Waals surface area contributed by atoms with Crippen LogP contribution in [0, 0.1) is 13.8 Å². The van der Waals surface area contributed by atoms with Gasteiger partial charge in [0.05, 0.1) is 11.4 Å². The molecule has 0 radical (unpaired) electrons. The van der Waals surface area contributed by atoms with E-state index in [0.717, 1.165) is 11.6 Å². The predicted molar refractivity (Wildman–Crippen MR) is 73.2 cm³/mol. The second-order valence-electron chi connectivity index (χ2n) is 4.67. The Morgan fingerprint density at radius 2 is 1.86 bits per heavy atom. The number of benzene rings is 1. The molecule has 106 valence electrons.